The summed E-state index contributed by atoms with van der Waals surface area (Å²) in [5.41, 5.74) is 2.28. The van der Waals surface area contributed by atoms with Gasteiger partial charge in [0, 0.05) is 18.7 Å². The van der Waals surface area contributed by atoms with Gasteiger partial charge < -0.3 is 10.2 Å². The molecule has 0 aliphatic carbocycles. The molecule has 2 saturated heterocycles. The van der Waals surface area contributed by atoms with E-state index in [0.717, 1.165) is 12.0 Å². The number of hydrogen-bond acceptors (Lipinski definition) is 3. The molecule has 0 bridgehead atoms. The van der Waals surface area contributed by atoms with Gasteiger partial charge in [0.25, 0.3) is 0 Å². The molecule has 112 valence electrons. The number of amides is 2. The minimum absolute atomic E-state index is 0.0398. The molecule has 3 rings (SSSR count). The maximum atomic E-state index is 12.4. The first-order valence-corrected chi connectivity index (χ1v) is 8.27. The Bertz CT molecular complexity index is 572. The van der Waals surface area contributed by atoms with Crippen LogP contribution in [-0.4, -0.2) is 33.4 Å². The van der Waals surface area contributed by atoms with Gasteiger partial charge in [0.1, 0.15) is 6.04 Å². The number of thioether (sulfide) groups is 1. The van der Waals surface area contributed by atoms with Gasteiger partial charge in [-0.15, -0.1) is 11.8 Å². The maximum Gasteiger partial charge on any atom is 0.243 e. The summed E-state index contributed by atoms with van der Waals surface area (Å²) < 4.78 is 0. The Morgan fingerprint density at radius 2 is 2.14 bits per heavy atom. The smallest absolute Gasteiger partial charge is 0.243 e. The molecule has 2 fully saturated rings. The van der Waals surface area contributed by atoms with Gasteiger partial charge in [0.05, 0.1) is 4.87 Å². The summed E-state index contributed by atoms with van der Waals surface area (Å²) in [7, 11) is 0. The summed E-state index contributed by atoms with van der Waals surface area (Å²) in [5, 5.41) is 2.96. The van der Waals surface area contributed by atoms with Crippen LogP contribution in [0.4, 0.5) is 0 Å². The van der Waals surface area contributed by atoms with Gasteiger partial charge in [0.2, 0.25) is 11.8 Å². The number of hydrogen-bond donors (Lipinski definition) is 1. The molecule has 1 aromatic carbocycles. The molecular formula is C16H20N2O2S. The van der Waals surface area contributed by atoms with Crippen molar-refractivity contribution in [2.24, 2.45) is 0 Å². The average molecular weight is 304 g/mol. The predicted octanol–water partition coefficient (Wildman–Crippen LogP) is 2.07. The van der Waals surface area contributed by atoms with Gasteiger partial charge in [0.15, 0.2) is 0 Å². The van der Waals surface area contributed by atoms with Crippen molar-refractivity contribution in [1.29, 1.82) is 0 Å². The number of carbonyl (C=O) groups is 2. The average Bonchev–Trinajstić information content (AvgIpc) is 2.95. The zero-order valence-corrected chi connectivity index (χ0v) is 13.2. The van der Waals surface area contributed by atoms with Crippen molar-refractivity contribution in [2.45, 2.75) is 44.1 Å². The predicted molar refractivity (Wildman–Crippen MR) is 83.8 cm³/mol. The monoisotopic (exact) mass is 304 g/mol. The van der Waals surface area contributed by atoms with Gasteiger partial charge in [-0.2, -0.15) is 0 Å². The van der Waals surface area contributed by atoms with Crippen LogP contribution in [0.3, 0.4) is 0 Å². The van der Waals surface area contributed by atoms with E-state index in [0.29, 0.717) is 18.7 Å². The highest BCUT2D eigenvalue weighted by molar-refractivity contribution is 8.01. The molecule has 0 saturated carbocycles. The molecule has 0 aromatic heterocycles. The molecule has 1 aromatic rings. The van der Waals surface area contributed by atoms with Crippen LogP contribution in [0.2, 0.25) is 0 Å². The Morgan fingerprint density at radius 3 is 2.86 bits per heavy atom. The second kappa shape index (κ2) is 5.37. The van der Waals surface area contributed by atoms with Crippen molar-refractivity contribution in [3.63, 3.8) is 0 Å². The van der Waals surface area contributed by atoms with E-state index in [1.807, 2.05) is 31.2 Å². The Hall–Kier alpha value is -1.49. The molecule has 2 aliphatic heterocycles. The number of aryl methyl sites for hydroxylation is 1. The van der Waals surface area contributed by atoms with Gasteiger partial charge in [-0.05, 0) is 25.8 Å². The van der Waals surface area contributed by atoms with Gasteiger partial charge >= 0.3 is 0 Å². The van der Waals surface area contributed by atoms with Crippen LogP contribution in [0.15, 0.2) is 24.3 Å². The highest BCUT2D eigenvalue weighted by Gasteiger charge is 2.52. The molecule has 0 radical (unpaired) electrons. The van der Waals surface area contributed by atoms with E-state index < -0.39 is 0 Å². The van der Waals surface area contributed by atoms with Crippen LogP contribution >= 0.6 is 11.8 Å². The summed E-state index contributed by atoms with van der Waals surface area (Å²) >= 11 is 1.72. The number of rotatable bonds is 3. The number of nitrogens with one attached hydrogen (secondary N) is 1. The van der Waals surface area contributed by atoms with Crippen molar-refractivity contribution >= 4 is 23.6 Å². The van der Waals surface area contributed by atoms with Gasteiger partial charge in [-0.1, -0.05) is 29.8 Å². The second-order valence-electron chi connectivity index (χ2n) is 5.97. The molecule has 5 heteroatoms. The molecule has 4 nitrogen and oxygen atoms in total. The lowest BCUT2D eigenvalue weighted by Crippen LogP contribution is -2.49. The Morgan fingerprint density at radius 1 is 1.43 bits per heavy atom. The van der Waals surface area contributed by atoms with Crippen LogP contribution in [0.5, 0.6) is 0 Å². The lowest BCUT2D eigenvalue weighted by molar-refractivity contribution is -0.138. The van der Waals surface area contributed by atoms with Crippen LogP contribution in [0.25, 0.3) is 0 Å². The van der Waals surface area contributed by atoms with E-state index in [2.05, 4.69) is 12.2 Å². The van der Waals surface area contributed by atoms with Crippen molar-refractivity contribution in [3.8, 4) is 0 Å². The minimum atomic E-state index is -0.319. The van der Waals surface area contributed by atoms with Crippen molar-refractivity contribution < 1.29 is 9.59 Å². The van der Waals surface area contributed by atoms with E-state index >= 15 is 0 Å². The highest BCUT2D eigenvalue weighted by Crippen LogP contribution is 2.47. The van der Waals surface area contributed by atoms with Gasteiger partial charge in [-0.3, -0.25) is 9.59 Å². The standard InChI is InChI=1S/C16H20N2O2S/c1-11-3-5-12(6-4-11)9-17-15(20)13-10-21-16(2)8-7-14(19)18(13)16/h3-6,13H,7-10H2,1-2H3,(H,17,20)/t13-,16+/m1/s1. The number of benzene rings is 1. The summed E-state index contributed by atoms with van der Waals surface area (Å²) in [5.74, 6) is 0.766. The van der Waals surface area contributed by atoms with Crippen LogP contribution in [0, 0.1) is 6.92 Å². The molecule has 1 N–H and O–H groups in total. The topological polar surface area (TPSA) is 49.4 Å². The third-order valence-corrected chi connectivity index (χ3v) is 5.84. The number of nitrogens with zero attached hydrogens (tertiary/aromatic N) is 1. The Labute approximate surface area is 129 Å². The molecule has 2 aliphatic rings. The minimum Gasteiger partial charge on any atom is -0.350 e. The lowest BCUT2D eigenvalue weighted by Gasteiger charge is -2.29. The first-order chi connectivity index (χ1) is 9.99. The summed E-state index contributed by atoms with van der Waals surface area (Å²) in [6.07, 6.45) is 1.41. The van der Waals surface area contributed by atoms with E-state index in [4.69, 9.17) is 0 Å². The fourth-order valence-electron chi connectivity index (χ4n) is 3.03. The first-order valence-electron chi connectivity index (χ1n) is 7.29. The summed E-state index contributed by atoms with van der Waals surface area (Å²) in [6.45, 7) is 4.62. The number of fused-ring (bicyclic) bond motifs is 1. The summed E-state index contributed by atoms with van der Waals surface area (Å²) in [4.78, 5) is 26.0. The Kier molecular flexibility index (Phi) is 3.69. The second-order valence-corrected chi connectivity index (χ2v) is 7.47. The first kappa shape index (κ1) is 14.4. The maximum absolute atomic E-state index is 12.4. The third-order valence-electron chi connectivity index (χ3n) is 4.33. The van der Waals surface area contributed by atoms with E-state index in [-0.39, 0.29) is 22.7 Å². The lowest BCUT2D eigenvalue weighted by atomic mass is 10.1. The molecule has 2 atom stereocenters. The largest absolute Gasteiger partial charge is 0.350 e. The zero-order chi connectivity index (χ0) is 15.0. The van der Waals surface area contributed by atoms with Crippen LogP contribution < -0.4 is 5.32 Å². The molecular weight excluding hydrogens is 284 g/mol. The normalized spacial score (nSPS) is 27.8. The molecule has 2 amide bonds. The fourth-order valence-corrected chi connectivity index (χ4v) is 4.46. The quantitative estimate of drug-likeness (QED) is 0.930. The zero-order valence-electron chi connectivity index (χ0n) is 12.4. The molecule has 0 unspecified atom stereocenters. The van der Waals surface area contributed by atoms with E-state index in [1.165, 1.54) is 5.56 Å². The molecule has 2 heterocycles. The molecule has 0 spiro atoms. The fraction of sp³-hybridized carbons (Fsp3) is 0.500. The van der Waals surface area contributed by atoms with Gasteiger partial charge in [-0.25, -0.2) is 0 Å². The third kappa shape index (κ3) is 2.67. The van der Waals surface area contributed by atoms with Crippen LogP contribution in [0.1, 0.15) is 30.9 Å². The molecule has 21 heavy (non-hydrogen) atoms. The number of carbonyl (C=O) groups excluding carboxylic acids is 2. The van der Waals surface area contributed by atoms with Crippen LogP contribution in [-0.2, 0) is 16.1 Å². The Balaban J connectivity index is 1.63. The van der Waals surface area contributed by atoms with Crippen molar-refractivity contribution in [3.05, 3.63) is 35.4 Å². The SMILES string of the molecule is Cc1ccc(CNC(=O)[C@H]2CS[C@@]3(C)CCC(=O)N23)cc1. The van der Waals surface area contributed by atoms with E-state index in [9.17, 15) is 9.59 Å². The van der Waals surface area contributed by atoms with Crippen molar-refractivity contribution in [2.75, 3.05) is 5.75 Å². The van der Waals surface area contributed by atoms with Crippen molar-refractivity contribution in [1.82, 2.24) is 10.2 Å². The highest BCUT2D eigenvalue weighted by atomic mass is 32.2. The van der Waals surface area contributed by atoms with E-state index in [1.54, 1.807) is 16.7 Å². The summed E-state index contributed by atoms with van der Waals surface area (Å²) in [6, 6.07) is 7.79.